The van der Waals surface area contributed by atoms with Crippen LogP contribution in [0.15, 0.2) is 17.3 Å². The third-order valence-electron chi connectivity index (χ3n) is 4.34. The highest BCUT2D eigenvalue weighted by molar-refractivity contribution is 5.66. The van der Waals surface area contributed by atoms with Crippen LogP contribution < -0.4 is 10.8 Å². The zero-order chi connectivity index (χ0) is 18.5. The fraction of sp³-hybridized carbons (Fsp3) is 0.500. The van der Waals surface area contributed by atoms with Crippen LogP contribution in [-0.4, -0.2) is 36.6 Å². The molecule has 0 spiro atoms. The van der Waals surface area contributed by atoms with E-state index in [0.29, 0.717) is 22.7 Å². The normalized spacial score (nSPS) is 12.2. The van der Waals surface area contributed by atoms with Gasteiger partial charge in [0.2, 0.25) is 5.65 Å². The molecule has 0 aromatic carbocycles. The number of aromatic amines is 1. The second kappa shape index (κ2) is 7.95. The quantitative estimate of drug-likeness (QED) is 0.681. The topological polar surface area (TPSA) is 96.2 Å². The molecule has 0 unspecified atom stereocenters. The molecule has 0 aliphatic heterocycles. The van der Waals surface area contributed by atoms with Crippen LogP contribution in [0.3, 0.4) is 0 Å². The van der Waals surface area contributed by atoms with Crippen LogP contribution in [0, 0.1) is 18.1 Å². The average Bonchev–Trinajstić information content (AvgIpc) is 3.08. The largest absolute Gasteiger partial charge is 0.368 e. The highest BCUT2D eigenvalue weighted by Crippen LogP contribution is 2.24. The minimum Gasteiger partial charge on any atom is -0.368 e. The molecule has 0 fully saturated rings. The van der Waals surface area contributed by atoms with Gasteiger partial charge in [0, 0.05) is 18.5 Å². The third kappa shape index (κ3) is 3.82. The zero-order valence-electron chi connectivity index (χ0n) is 15.6. The molecule has 0 aliphatic carbocycles. The molecule has 0 radical (unpaired) electrons. The summed E-state index contributed by atoms with van der Waals surface area (Å²) in [7, 11) is 0. The number of hydrogen-bond donors (Lipinski definition) is 2. The lowest BCUT2D eigenvalue weighted by Crippen LogP contribution is -2.15. The number of rotatable bonds is 7. The molecular formula is C18H24N8. The van der Waals surface area contributed by atoms with Crippen molar-refractivity contribution in [3.63, 3.8) is 0 Å². The predicted octanol–water partition coefficient (Wildman–Crippen LogP) is 2.65. The smallest absolute Gasteiger partial charge is 0.203 e. The van der Waals surface area contributed by atoms with Crippen molar-refractivity contribution in [2.45, 2.75) is 46.5 Å². The van der Waals surface area contributed by atoms with Crippen molar-refractivity contribution >= 4 is 17.2 Å². The minimum atomic E-state index is 0.199. The Balaban J connectivity index is 2.07. The molecule has 8 nitrogen and oxygen atoms in total. The zero-order valence-corrected chi connectivity index (χ0v) is 15.6. The van der Waals surface area contributed by atoms with E-state index in [2.05, 4.69) is 75.6 Å². The summed E-state index contributed by atoms with van der Waals surface area (Å²) in [6.45, 7) is 9.40. The Morgan fingerprint density at radius 2 is 2.08 bits per heavy atom. The number of nitrogens with one attached hydrogen (secondary N) is 2. The van der Waals surface area contributed by atoms with Crippen LogP contribution >= 0.6 is 0 Å². The lowest BCUT2D eigenvalue weighted by molar-refractivity contribution is 0.518. The van der Waals surface area contributed by atoms with E-state index in [1.165, 1.54) is 6.20 Å². The minimum absolute atomic E-state index is 0.199. The van der Waals surface area contributed by atoms with E-state index < -0.39 is 0 Å². The Hall–Kier alpha value is -2.95. The van der Waals surface area contributed by atoms with Crippen molar-refractivity contribution in [2.75, 3.05) is 11.9 Å². The van der Waals surface area contributed by atoms with Crippen LogP contribution in [-0.2, 0) is 0 Å². The van der Waals surface area contributed by atoms with E-state index >= 15 is 0 Å². The summed E-state index contributed by atoms with van der Waals surface area (Å²) in [5.74, 6) is 2.35. The van der Waals surface area contributed by atoms with Crippen molar-refractivity contribution in [2.24, 2.45) is 10.9 Å². The Morgan fingerprint density at radius 1 is 1.27 bits per heavy atom. The van der Waals surface area contributed by atoms with Crippen molar-refractivity contribution in [1.82, 2.24) is 30.0 Å². The lowest BCUT2D eigenvalue weighted by atomic mass is 10.0. The maximum atomic E-state index is 4.68. The predicted molar refractivity (Wildman–Crippen MR) is 98.9 cm³/mol. The van der Waals surface area contributed by atoms with Crippen LogP contribution in [0.1, 0.15) is 52.3 Å². The van der Waals surface area contributed by atoms with Gasteiger partial charge in [-0.2, -0.15) is 9.61 Å². The van der Waals surface area contributed by atoms with E-state index in [1.807, 2.05) is 6.07 Å². The van der Waals surface area contributed by atoms with Gasteiger partial charge >= 0.3 is 0 Å². The molecular weight excluding hydrogens is 328 g/mol. The summed E-state index contributed by atoms with van der Waals surface area (Å²) in [6.07, 6.45) is 3.75. The highest BCUT2D eigenvalue weighted by atomic mass is 15.4. The Kier molecular flexibility index (Phi) is 5.46. The second-order valence-corrected chi connectivity index (χ2v) is 6.53. The van der Waals surface area contributed by atoms with Gasteiger partial charge in [-0.15, -0.1) is 15.3 Å². The van der Waals surface area contributed by atoms with E-state index in [-0.39, 0.29) is 5.92 Å². The molecule has 0 atom stereocenters. The fourth-order valence-electron chi connectivity index (χ4n) is 2.66. The van der Waals surface area contributed by atoms with Crippen molar-refractivity contribution < 1.29 is 0 Å². The molecule has 2 N–H and O–H groups in total. The van der Waals surface area contributed by atoms with Crippen molar-refractivity contribution in [3.05, 3.63) is 35.7 Å². The number of fused-ring (bicyclic) bond motifs is 1. The molecule has 0 amide bonds. The summed E-state index contributed by atoms with van der Waals surface area (Å²) in [5, 5.41) is 23.4. The van der Waals surface area contributed by atoms with Gasteiger partial charge in [0.05, 0.1) is 6.20 Å². The van der Waals surface area contributed by atoms with Gasteiger partial charge < -0.3 is 5.32 Å². The highest BCUT2D eigenvalue weighted by Gasteiger charge is 2.15. The average molecular weight is 352 g/mol. The fourth-order valence-corrected chi connectivity index (χ4v) is 2.66. The monoisotopic (exact) mass is 352 g/mol. The van der Waals surface area contributed by atoms with Gasteiger partial charge in [0.25, 0.3) is 0 Å². The molecule has 0 saturated carbocycles. The van der Waals surface area contributed by atoms with Crippen molar-refractivity contribution in [1.29, 1.82) is 0 Å². The molecule has 8 heteroatoms. The van der Waals surface area contributed by atoms with Gasteiger partial charge in [-0.3, -0.25) is 5.10 Å². The second-order valence-electron chi connectivity index (χ2n) is 6.53. The number of nitrogens with zero attached hydrogens (tertiary/aromatic N) is 6. The van der Waals surface area contributed by atoms with Crippen LogP contribution in [0.2, 0.25) is 0 Å². The summed E-state index contributed by atoms with van der Waals surface area (Å²) in [6, 6.07) is 7.56. The maximum Gasteiger partial charge on any atom is 0.203 e. The van der Waals surface area contributed by atoms with Gasteiger partial charge in [-0.05, 0) is 18.1 Å². The van der Waals surface area contributed by atoms with E-state index in [9.17, 15) is 0 Å². The van der Waals surface area contributed by atoms with Crippen molar-refractivity contribution in [3.8, 4) is 0 Å². The molecule has 3 heterocycles. The van der Waals surface area contributed by atoms with E-state index in [4.69, 9.17) is 0 Å². The first-order chi connectivity index (χ1) is 12.6. The molecule has 3 aromatic rings. The molecule has 26 heavy (non-hydrogen) atoms. The first-order valence-corrected chi connectivity index (χ1v) is 9.00. The Labute approximate surface area is 152 Å². The number of aromatic nitrogens is 6. The van der Waals surface area contributed by atoms with Gasteiger partial charge in [-0.25, -0.2) is 4.99 Å². The summed E-state index contributed by atoms with van der Waals surface area (Å²) in [5.41, 5.74) is 1.73. The molecule has 0 saturated heterocycles. The lowest BCUT2D eigenvalue weighted by Gasteiger charge is -2.14. The maximum absolute atomic E-state index is 4.68. The molecule has 0 aliphatic rings. The first-order valence-electron chi connectivity index (χ1n) is 9.00. The Morgan fingerprint density at radius 3 is 2.73 bits per heavy atom. The van der Waals surface area contributed by atoms with Crippen LogP contribution in [0.25, 0.3) is 5.65 Å². The number of anilines is 1. The summed E-state index contributed by atoms with van der Waals surface area (Å²) in [4.78, 5) is 4.56. The molecule has 3 aromatic heterocycles. The molecule has 0 bridgehead atoms. The van der Waals surface area contributed by atoms with E-state index in [1.54, 1.807) is 4.52 Å². The van der Waals surface area contributed by atoms with Gasteiger partial charge in [0.15, 0.2) is 11.3 Å². The Bertz CT molecular complexity index is 903. The summed E-state index contributed by atoms with van der Waals surface area (Å²) < 4.78 is 1.76. The number of hydrogen-bond acceptors (Lipinski definition) is 6. The van der Waals surface area contributed by atoms with Crippen LogP contribution in [0.5, 0.6) is 0 Å². The molecule has 136 valence electrons. The van der Waals surface area contributed by atoms with Gasteiger partial charge in [0.1, 0.15) is 11.5 Å². The van der Waals surface area contributed by atoms with E-state index in [0.717, 1.165) is 31.0 Å². The molecule has 3 rings (SSSR count). The first kappa shape index (κ1) is 17.9. The summed E-state index contributed by atoms with van der Waals surface area (Å²) >= 11 is 0. The van der Waals surface area contributed by atoms with Crippen LogP contribution in [0.4, 0.5) is 11.5 Å². The van der Waals surface area contributed by atoms with Gasteiger partial charge in [-0.1, -0.05) is 40.5 Å². The standard InChI is InChI=1S/C18H24N8/c1-5-13(6-2)11-19-16-10-14(21-15-8-7-9-20-22-15)18-24-23-17(12(3)4)26(18)25-16/h9-10,12-13H,5-6,11H2,1-4H3,(H,19,25)(H,21,22). The third-order valence-corrected chi connectivity index (χ3v) is 4.34. The number of H-pyrrole nitrogens is 1. The SMILES string of the molecule is CCC(CC)CNc1cc(N=c2c#ccn[nH]2)c2nnc(C(C)C)n2n1.